The molecule has 0 atom stereocenters. The van der Waals surface area contributed by atoms with Crippen molar-refractivity contribution >= 4 is 39.7 Å². The number of anilines is 2. The van der Waals surface area contributed by atoms with Gasteiger partial charge in [0, 0.05) is 24.5 Å². The van der Waals surface area contributed by atoms with Gasteiger partial charge in [-0.3, -0.25) is 4.79 Å². The van der Waals surface area contributed by atoms with E-state index in [4.69, 9.17) is 10.5 Å². The van der Waals surface area contributed by atoms with E-state index in [1.165, 1.54) is 10.4 Å². The maximum Gasteiger partial charge on any atom is 0.257 e. The van der Waals surface area contributed by atoms with E-state index in [-0.39, 0.29) is 23.1 Å². The van der Waals surface area contributed by atoms with Crippen molar-refractivity contribution in [3.8, 4) is 5.75 Å². The van der Waals surface area contributed by atoms with E-state index in [9.17, 15) is 13.2 Å². The Kier molecular flexibility index (Phi) is 8.74. The van der Waals surface area contributed by atoms with Gasteiger partial charge in [-0.1, -0.05) is 26.0 Å². The summed E-state index contributed by atoms with van der Waals surface area (Å²) in [5.41, 5.74) is 6.84. The van der Waals surface area contributed by atoms with Crippen LogP contribution in [-0.2, 0) is 10.0 Å². The third-order valence-corrected chi connectivity index (χ3v) is 6.10. The fourth-order valence-corrected chi connectivity index (χ4v) is 4.28. The number of nitrogen functional groups attached to an aromatic ring is 1. The minimum atomic E-state index is -3.75. The van der Waals surface area contributed by atoms with Gasteiger partial charge in [-0.25, -0.2) is 8.42 Å². The Morgan fingerprint density at radius 3 is 2.32 bits per heavy atom. The highest BCUT2D eigenvalue weighted by atomic mass is 35.5. The topological polar surface area (TPSA) is 102 Å². The van der Waals surface area contributed by atoms with Crippen LogP contribution in [0.3, 0.4) is 0 Å². The molecule has 0 aliphatic rings. The molecule has 0 heterocycles. The molecule has 0 spiro atoms. The van der Waals surface area contributed by atoms with Crippen LogP contribution in [-0.4, -0.2) is 38.3 Å². The molecule has 28 heavy (non-hydrogen) atoms. The molecule has 0 aliphatic heterocycles. The van der Waals surface area contributed by atoms with Crippen molar-refractivity contribution in [1.82, 2.24) is 4.31 Å². The number of nitrogens with zero attached hydrogens (tertiary/aromatic N) is 1. The van der Waals surface area contributed by atoms with Gasteiger partial charge in [0.25, 0.3) is 5.91 Å². The zero-order valence-corrected chi connectivity index (χ0v) is 17.8. The minimum Gasteiger partial charge on any atom is -0.492 e. The Balaban J connectivity index is 0.00000392. The predicted octanol–water partition coefficient (Wildman–Crippen LogP) is 3.37. The van der Waals surface area contributed by atoms with Crippen LogP contribution in [0.2, 0.25) is 0 Å². The lowest BCUT2D eigenvalue weighted by Crippen LogP contribution is -2.31. The summed E-state index contributed by atoms with van der Waals surface area (Å²) < 4.78 is 32.8. The Morgan fingerprint density at radius 2 is 1.75 bits per heavy atom. The van der Waals surface area contributed by atoms with E-state index in [2.05, 4.69) is 5.32 Å². The highest BCUT2D eigenvalue weighted by molar-refractivity contribution is 7.89. The molecule has 0 fully saturated rings. The van der Waals surface area contributed by atoms with Gasteiger partial charge >= 0.3 is 0 Å². The van der Waals surface area contributed by atoms with Crippen molar-refractivity contribution in [3.05, 3.63) is 48.0 Å². The first kappa shape index (κ1) is 23.7. The van der Waals surface area contributed by atoms with E-state index in [1.54, 1.807) is 57.2 Å². The first-order valence-corrected chi connectivity index (χ1v) is 10.2. The molecule has 3 N–H and O–H groups in total. The molecule has 0 saturated carbocycles. The van der Waals surface area contributed by atoms with Crippen molar-refractivity contribution in [3.63, 3.8) is 0 Å². The van der Waals surface area contributed by atoms with Gasteiger partial charge in [0.15, 0.2) is 0 Å². The molecule has 7 nitrogen and oxygen atoms in total. The van der Waals surface area contributed by atoms with Gasteiger partial charge < -0.3 is 15.8 Å². The summed E-state index contributed by atoms with van der Waals surface area (Å²) in [4.78, 5) is 12.5. The molecule has 2 rings (SSSR count). The van der Waals surface area contributed by atoms with Gasteiger partial charge in [0.1, 0.15) is 10.6 Å². The molecule has 2 aromatic carbocycles. The third-order valence-electron chi connectivity index (χ3n) is 4.03. The standard InChI is InChI=1S/C19H25N3O4S.ClH/c1-4-22(5-2)27(24,25)18-13-14(11-12-17(18)26-6-3)21-19(23)15-9-7-8-10-16(15)20;/h7-13H,4-6,20H2,1-3H3,(H,21,23);1H. The predicted molar refractivity (Wildman–Crippen MR) is 114 cm³/mol. The van der Waals surface area contributed by atoms with Crippen LogP contribution < -0.4 is 15.8 Å². The SMILES string of the molecule is CCOc1ccc(NC(=O)c2ccccc2N)cc1S(=O)(=O)N(CC)CC.Cl. The van der Waals surface area contributed by atoms with Gasteiger partial charge in [-0.15, -0.1) is 12.4 Å². The lowest BCUT2D eigenvalue weighted by molar-refractivity contribution is 0.102. The third kappa shape index (κ3) is 5.15. The van der Waals surface area contributed by atoms with Crippen LogP contribution in [0, 0.1) is 0 Å². The van der Waals surface area contributed by atoms with E-state index in [0.29, 0.717) is 36.6 Å². The zero-order valence-electron chi connectivity index (χ0n) is 16.1. The second-order valence-corrected chi connectivity index (χ2v) is 7.63. The molecule has 154 valence electrons. The molecule has 0 saturated heterocycles. The maximum absolute atomic E-state index is 13.0. The fraction of sp³-hybridized carbons (Fsp3) is 0.316. The summed E-state index contributed by atoms with van der Waals surface area (Å²) in [5.74, 6) is -0.162. The highest BCUT2D eigenvalue weighted by Gasteiger charge is 2.26. The zero-order chi connectivity index (χ0) is 20.0. The maximum atomic E-state index is 13.0. The second kappa shape index (κ2) is 10.3. The number of nitrogens with one attached hydrogen (secondary N) is 1. The van der Waals surface area contributed by atoms with Crippen LogP contribution in [0.1, 0.15) is 31.1 Å². The van der Waals surface area contributed by atoms with Crippen LogP contribution in [0.15, 0.2) is 47.4 Å². The molecular formula is C19H26ClN3O4S. The summed E-state index contributed by atoms with van der Waals surface area (Å²) >= 11 is 0. The molecular weight excluding hydrogens is 402 g/mol. The average Bonchev–Trinajstić information content (AvgIpc) is 2.64. The summed E-state index contributed by atoms with van der Waals surface area (Å²) in [5, 5.41) is 2.70. The number of carbonyl (C=O) groups is 1. The lowest BCUT2D eigenvalue weighted by Gasteiger charge is -2.21. The number of hydrogen-bond donors (Lipinski definition) is 2. The van der Waals surface area contributed by atoms with Crippen LogP contribution in [0.5, 0.6) is 5.75 Å². The number of carbonyl (C=O) groups excluding carboxylic acids is 1. The average molecular weight is 428 g/mol. The minimum absolute atomic E-state index is 0. The number of benzene rings is 2. The summed E-state index contributed by atoms with van der Waals surface area (Å²) in [6, 6.07) is 11.2. The summed E-state index contributed by atoms with van der Waals surface area (Å²) in [6.45, 7) is 6.31. The quantitative estimate of drug-likeness (QED) is 0.629. The monoisotopic (exact) mass is 427 g/mol. The van der Waals surface area contributed by atoms with Gasteiger partial charge in [-0.2, -0.15) is 4.31 Å². The highest BCUT2D eigenvalue weighted by Crippen LogP contribution is 2.30. The Bertz CT molecular complexity index is 915. The molecule has 0 aliphatic carbocycles. The van der Waals surface area contributed by atoms with E-state index < -0.39 is 15.9 Å². The Labute approximate surface area is 172 Å². The van der Waals surface area contributed by atoms with E-state index >= 15 is 0 Å². The number of halogens is 1. The number of para-hydroxylation sites is 1. The van der Waals surface area contributed by atoms with Gasteiger partial charge in [0.05, 0.1) is 12.2 Å². The fourth-order valence-electron chi connectivity index (χ4n) is 2.67. The van der Waals surface area contributed by atoms with E-state index in [0.717, 1.165) is 0 Å². The molecule has 0 aromatic heterocycles. The molecule has 2 aromatic rings. The number of amides is 1. The van der Waals surface area contributed by atoms with Crippen LogP contribution in [0.25, 0.3) is 0 Å². The molecule has 1 amide bonds. The van der Waals surface area contributed by atoms with Gasteiger partial charge in [-0.05, 0) is 37.3 Å². The number of sulfonamides is 1. The normalized spacial score (nSPS) is 11.0. The second-order valence-electron chi connectivity index (χ2n) is 5.73. The first-order chi connectivity index (χ1) is 12.8. The van der Waals surface area contributed by atoms with Crippen molar-refractivity contribution < 1.29 is 17.9 Å². The molecule has 9 heteroatoms. The number of nitrogens with two attached hydrogens (primary N) is 1. The lowest BCUT2D eigenvalue weighted by atomic mass is 10.1. The van der Waals surface area contributed by atoms with E-state index in [1.807, 2.05) is 0 Å². The molecule has 0 bridgehead atoms. The summed E-state index contributed by atoms with van der Waals surface area (Å²) in [6.07, 6.45) is 0. The Hall–Kier alpha value is -2.29. The molecule has 0 unspecified atom stereocenters. The first-order valence-electron chi connectivity index (χ1n) is 8.77. The largest absolute Gasteiger partial charge is 0.492 e. The number of hydrogen-bond acceptors (Lipinski definition) is 5. The summed E-state index contributed by atoms with van der Waals surface area (Å²) in [7, 11) is -3.75. The number of rotatable bonds is 8. The van der Waals surface area contributed by atoms with Crippen molar-refractivity contribution in [2.24, 2.45) is 0 Å². The van der Waals surface area contributed by atoms with Crippen LogP contribution >= 0.6 is 12.4 Å². The molecule has 0 radical (unpaired) electrons. The van der Waals surface area contributed by atoms with Crippen molar-refractivity contribution in [2.75, 3.05) is 30.7 Å². The van der Waals surface area contributed by atoms with Gasteiger partial charge in [0.2, 0.25) is 10.0 Å². The Morgan fingerprint density at radius 1 is 1.11 bits per heavy atom. The smallest absolute Gasteiger partial charge is 0.257 e. The van der Waals surface area contributed by atoms with Crippen LogP contribution in [0.4, 0.5) is 11.4 Å². The van der Waals surface area contributed by atoms with Crippen molar-refractivity contribution in [2.45, 2.75) is 25.7 Å². The number of ether oxygens (including phenoxy) is 1. The van der Waals surface area contributed by atoms with Crippen molar-refractivity contribution in [1.29, 1.82) is 0 Å².